The van der Waals surface area contributed by atoms with Crippen molar-refractivity contribution in [1.82, 2.24) is 9.55 Å². The van der Waals surface area contributed by atoms with Gasteiger partial charge < -0.3 is 10.3 Å². The Kier molecular flexibility index (Phi) is 4.64. The number of imidazole rings is 1. The molecule has 3 rings (SSSR count). The van der Waals surface area contributed by atoms with E-state index in [2.05, 4.69) is 30.6 Å². The first-order valence-corrected chi connectivity index (χ1v) is 8.29. The first-order chi connectivity index (χ1) is 11.6. The smallest absolute Gasteiger partial charge is 0.127 e. The van der Waals surface area contributed by atoms with Crippen LogP contribution in [0.2, 0.25) is 0 Å². The van der Waals surface area contributed by atoms with Crippen molar-refractivity contribution in [3.8, 4) is 6.07 Å². The quantitative estimate of drug-likeness (QED) is 0.773. The molecule has 1 aromatic heterocycles. The highest BCUT2D eigenvalue weighted by Crippen LogP contribution is 2.25. The predicted molar refractivity (Wildman–Crippen MR) is 96.4 cm³/mol. The molecule has 0 saturated carbocycles. The standard InChI is InChI=1S/C20H22N4/c1-14(2)11-17(22)20-23-18-9-5-6-10-19(18)24(20)13-16-8-4-3-7-15(16)12-21/h3-10,14,17H,11,13,22H2,1-2H3. The van der Waals surface area contributed by atoms with E-state index in [0.29, 0.717) is 18.0 Å². The number of para-hydroxylation sites is 2. The summed E-state index contributed by atoms with van der Waals surface area (Å²) >= 11 is 0. The minimum Gasteiger partial charge on any atom is -0.322 e. The van der Waals surface area contributed by atoms with Gasteiger partial charge >= 0.3 is 0 Å². The molecule has 0 aliphatic carbocycles. The Bertz CT molecular complexity index is 886. The molecule has 2 aromatic carbocycles. The van der Waals surface area contributed by atoms with E-state index in [1.807, 2.05) is 42.5 Å². The van der Waals surface area contributed by atoms with Crippen LogP contribution in [0.3, 0.4) is 0 Å². The molecule has 0 radical (unpaired) electrons. The molecule has 3 aromatic rings. The van der Waals surface area contributed by atoms with Gasteiger partial charge in [0.2, 0.25) is 0 Å². The van der Waals surface area contributed by atoms with E-state index in [0.717, 1.165) is 28.8 Å². The molecular formula is C20H22N4. The van der Waals surface area contributed by atoms with Crippen LogP contribution in [0.5, 0.6) is 0 Å². The first-order valence-electron chi connectivity index (χ1n) is 8.29. The van der Waals surface area contributed by atoms with E-state index in [1.54, 1.807) is 0 Å². The van der Waals surface area contributed by atoms with E-state index in [1.165, 1.54) is 0 Å². The number of aromatic nitrogens is 2. The zero-order valence-electron chi connectivity index (χ0n) is 14.1. The summed E-state index contributed by atoms with van der Waals surface area (Å²) in [6.45, 7) is 4.93. The lowest BCUT2D eigenvalue weighted by atomic mass is 10.0. The molecule has 0 bridgehead atoms. The van der Waals surface area contributed by atoms with Crippen molar-refractivity contribution in [2.24, 2.45) is 11.7 Å². The fourth-order valence-electron chi connectivity index (χ4n) is 3.09. The molecule has 1 atom stereocenters. The summed E-state index contributed by atoms with van der Waals surface area (Å²) in [5.74, 6) is 1.39. The van der Waals surface area contributed by atoms with Crippen LogP contribution in [0.25, 0.3) is 11.0 Å². The molecule has 1 heterocycles. The second kappa shape index (κ2) is 6.86. The van der Waals surface area contributed by atoms with Gasteiger partial charge in [-0.25, -0.2) is 4.98 Å². The van der Waals surface area contributed by atoms with Gasteiger partial charge in [-0.05, 0) is 36.1 Å². The Hall–Kier alpha value is -2.64. The number of nitrogens with zero attached hydrogens (tertiary/aromatic N) is 3. The SMILES string of the molecule is CC(C)CC(N)c1nc2ccccc2n1Cc1ccccc1C#N. The van der Waals surface area contributed by atoms with Crippen LogP contribution in [0.4, 0.5) is 0 Å². The maximum Gasteiger partial charge on any atom is 0.127 e. The van der Waals surface area contributed by atoms with Crippen LogP contribution in [0, 0.1) is 17.2 Å². The van der Waals surface area contributed by atoms with Crippen molar-refractivity contribution in [2.75, 3.05) is 0 Å². The molecule has 2 N–H and O–H groups in total. The number of rotatable bonds is 5. The minimum atomic E-state index is -0.119. The van der Waals surface area contributed by atoms with Gasteiger partial charge in [-0.15, -0.1) is 0 Å². The average Bonchev–Trinajstić information content (AvgIpc) is 2.94. The second-order valence-electron chi connectivity index (χ2n) is 6.55. The van der Waals surface area contributed by atoms with E-state index >= 15 is 0 Å². The molecule has 0 aliphatic heterocycles. The highest BCUT2D eigenvalue weighted by Gasteiger charge is 2.18. The first kappa shape index (κ1) is 16.2. The molecular weight excluding hydrogens is 296 g/mol. The van der Waals surface area contributed by atoms with Crippen molar-refractivity contribution in [3.63, 3.8) is 0 Å². The van der Waals surface area contributed by atoms with E-state index < -0.39 is 0 Å². The lowest BCUT2D eigenvalue weighted by Crippen LogP contribution is -2.19. The fraction of sp³-hybridized carbons (Fsp3) is 0.300. The summed E-state index contributed by atoms with van der Waals surface area (Å²) < 4.78 is 2.15. The van der Waals surface area contributed by atoms with Crippen LogP contribution in [0.15, 0.2) is 48.5 Å². The largest absolute Gasteiger partial charge is 0.322 e. The Morgan fingerprint density at radius 2 is 1.83 bits per heavy atom. The number of hydrogen-bond donors (Lipinski definition) is 1. The molecule has 122 valence electrons. The van der Waals surface area contributed by atoms with Gasteiger partial charge in [0.15, 0.2) is 0 Å². The molecule has 4 nitrogen and oxygen atoms in total. The van der Waals surface area contributed by atoms with Gasteiger partial charge in [-0.2, -0.15) is 5.26 Å². The van der Waals surface area contributed by atoms with Crippen LogP contribution < -0.4 is 5.73 Å². The molecule has 0 amide bonds. The lowest BCUT2D eigenvalue weighted by molar-refractivity contribution is 0.481. The van der Waals surface area contributed by atoms with Crippen LogP contribution in [-0.4, -0.2) is 9.55 Å². The molecule has 4 heteroatoms. The number of nitrogens with two attached hydrogens (primary N) is 1. The predicted octanol–water partition coefficient (Wildman–Crippen LogP) is 4.00. The van der Waals surface area contributed by atoms with Crippen molar-refractivity contribution in [1.29, 1.82) is 5.26 Å². The molecule has 0 spiro atoms. The van der Waals surface area contributed by atoms with Crippen LogP contribution >= 0.6 is 0 Å². The van der Waals surface area contributed by atoms with E-state index in [9.17, 15) is 5.26 Å². The summed E-state index contributed by atoms with van der Waals surface area (Å²) in [7, 11) is 0. The second-order valence-corrected chi connectivity index (χ2v) is 6.55. The van der Waals surface area contributed by atoms with E-state index in [-0.39, 0.29) is 6.04 Å². The monoisotopic (exact) mass is 318 g/mol. The van der Waals surface area contributed by atoms with Crippen molar-refractivity contribution in [3.05, 3.63) is 65.5 Å². The Morgan fingerprint density at radius 3 is 2.58 bits per heavy atom. The summed E-state index contributed by atoms with van der Waals surface area (Å²) in [4.78, 5) is 4.77. The third-order valence-electron chi connectivity index (χ3n) is 4.21. The van der Waals surface area contributed by atoms with Crippen LogP contribution in [0.1, 0.15) is 43.3 Å². The zero-order valence-corrected chi connectivity index (χ0v) is 14.1. The fourth-order valence-corrected chi connectivity index (χ4v) is 3.09. The number of hydrogen-bond acceptors (Lipinski definition) is 3. The van der Waals surface area contributed by atoms with Gasteiger partial charge in [0.1, 0.15) is 5.82 Å². The number of nitriles is 1. The summed E-state index contributed by atoms with van der Waals surface area (Å²) in [5.41, 5.74) is 10.1. The lowest BCUT2D eigenvalue weighted by Gasteiger charge is -2.17. The average molecular weight is 318 g/mol. The number of fused-ring (bicyclic) bond motifs is 1. The molecule has 24 heavy (non-hydrogen) atoms. The normalized spacial score (nSPS) is 12.5. The van der Waals surface area contributed by atoms with Crippen molar-refractivity contribution in [2.45, 2.75) is 32.9 Å². The number of benzene rings is 2. The summed E-state index contributed by atoms with van der Waals surface area (Å²) in [6.07, 6.45) is 0.878. The zero-order chi connectivity index (χ0) is 17.1. The van der Waals surface area contributed by atoms with Crippen LogP contribution in [-0.2, 0) is 6.54 Å². The summed E-state index contributed by atoms with van der Waals surface area (Å²) in [6, 6.07) is 17.9. The molecule has 0 fully saturated rings. The molecule has 0 saturated heterocycles. The van der Waals surface area contributed by atoms with Gasteiger partial charge in [0.25, 0.3) is 0 Å². The van der Waals surface area contributed by atoms with Gasteiger partial charge in [-0.3, -0.25) is 0 Å². The van der Waals surface area contributed by atoms with Crippen molar-refractivity contribution < 1.29 is 0 Å². The Morgan fingerprint density at radius 1 is 1.12 bits per heavy atom. The molecule has 0 aliphatic rings. The van der Waals surface area contributed by atoms with Gasteiger partial charge in [0, 0.05) is 0 Å². The third-order valence-corrected chi connectivity index (χ3v) is 4.21. The topological polar surface area (TPSA) is 67.6 Å². The maximum atomic E-state index is 9.36. The maximum absolute atomic E-state index is 9.36. The summed E-state index contributed by atoms with van der Waals surface area (Å²) in [5, 5.41) is 9.36. The minimum absolute atomic E-state index is 0.119. The molecule has 1 unspecified atom stereocenters. The Balaban J connectivity index is 2.09. The highest BCUT2D eigenvalue weighted by molar-refractivity contribution is 5.76. The Labute approximate surface area is 142 Å². The van der Waals surface area contributed by atoms with Gasteiger partial charge in [-0.1, -0.05) is 44.2 Å². The van der Waals surface area contributed by atoms with E-state index in [4.69, 9.17) is 10.7 Å². The highest BCUT2D eigenvalue weighted by atomic mass is 15.1. The van der Waals surface area contributed by atoms with Gasteiger partial charge in [0.05, 0.1) is 35.3 Å². The van der Waals surface area contributed by atoms with Crippen molar-refractivity contribution >= 4 is 11.0 Å². The third kappa shape index (κ3) is 3.17.